The van der Waals surface area contributed by atoms with Crippen molar-refractivity contribution in [2.24, 2.45) is 5.73 Å². The Morgan fingerprint density at radius 2 is 1.78 bits per heavy atom. The molecule has 1 atom stereocenters. The third kappa shape index (κ3) is 4.86. The van der Waals surface area contributed by atoms with Gasteiger partial charge in [-0.05, 0) is 38.5 Å². The summed E-state index contributed by atoms with van der Waals surface area (Å²) in [5, 5.41) is 2.34. The molecule has 1 heterocycles. The van der Waals surface area contributed by atoms with E-state index in [1.165, 1.54) is 12.1 Å². The van der Waals surface area contributed by atoms with E-state index in [2.05, 4.69) is 5.32 Å². The number of hydrogen-bond donors (Lipinski definition) is 2. The number of fused-ring (bicyclic) bond motifs is 1. The average Bonchev–Trinajstić information content (AvgIpc) is 3.17. The summed E-state index contributed by atoms with van der Waals surface area (Å²) in [5.74, 6) is -2.46. The summed E-state index contributed by atoms with van der Waals surface area (Å²) in [6.07, 6.45) is -0.608. The Morgan fingerprint density at radius 3 is 2.42 bits per heavy atom. The smallest absolute Gasteiger partial charge is 0.407 e. The number of amides is 2. The molecule has 2 amide bonds. The van der Waals surface area contributed by atoms with Gasteiger partial charge in [0.05, 0.1) is 5.02 Å². The van der Waals surface area contributed by atoms with Crippen LogP contribution in [0.2, 0.25) is 5.02 Å². The fourth-order valence-corrected chi connectivity index (χ4v) is 4.54. The number of carbonyl (C=O) groups excluding carboxylic acids is 2. The maximum absolute atomic E-state index is 15.1. The number of primary amides is 1. The molecule has 0 saturated heterocycles. The van der Waals surface area contributed by atoms with Crippen LogP contribution in [-0.4, -0.2) is 24.1 Å². The van der Waals surface area contributed by atoms with E-state index in [-0.39, 0.29) is 40.5 Å². The van der Waals surface area contributed by atoms with Gasteiger partial charge in [-0.2, -0.15) is 0 Å². The standard InChI is InChI=1S/C27H25ClF2N2O4/c1-26(2,3)32-25(34)35-14-27(15-8-5-4-6-9-15)13-17-20(36-27)12-19(30)23(28)22(17)21-16(24(31)33)10-7-11-18(21)29/h4-12H,13-14H2,1-3H3,(H2,31,33)(H,32,34). The molecule has 36 heavy (non-hydrogen) atoms. The van der Waals surface area contributed by atoms with Crippen LogP contribution in [0.3, 0.4) is 0 Å². The number of hydrogen-bond acceptors (Lipinski definition) is 4. The number of carbonyl (C=O) groups is 2. The molecule has 0 spiro atoms. The molecule has 0 fully saturated rings. The van der Waals surface area contributed by atoms with Gasteiger partial charge in [0, 0.05) is 40.3 Å². The number of halogens is 3. The highest BCUT2D eigenvalue weighted by atomic mass is 35.5. The molecule has 1 unspecified atom stereocenters. The molecule has 4 rings (SSSR count). The van der Waals surface area contributed by atoms with Crippen molar-refractivity contribution in [3.8, 4) is 16.9 Å². The quantitative estimate of drug-likeness (QED) is 0.454. The van der Waals surface area contributed by atoms with E-state index in [0.717, 1.165) is 12.1 Å². The fraction of sp³-hybridized carbons (Fsp3) is 0.259. The lowest BCUT2D eigenvalue weighted by Crippen LogP contribution is -2.44. The Balaban J connectivity index is 1.85. The lowest BCUT2D eigenvalue weighted by Gasteiger charge is -2.30. The van der Waals surface area contributed by atoms with Crippen molar-refractivity contribution >= 4 is 23.6 Å². The first-order chi connectivity index (χ1) is 16.9. The summed E-state index contributed by atoms with van der Waals surface area (Å²) >= 11 is 6.35. The minimum Gasteiger partial charge on any atom is -0.478 e. The zero-order valence-electron chi connectivity index (χ0n) is 20.0. The summed E-state index contributed by atoms with van der Waals surface area (Å²) in [4.78, 5) is 24.6. The highest BCUT2D eigenvalue weighted by molar-refractivity contribution is 6.34. The van der Waals surface area contributed by atoms with E-state index in [1.807, 2.05) is 26.8 Å². The molecule has 1 aliphatic rings. The zero-order chi connectivity index (χ0) is 26.3. The van der Waals surface area contributed by atoms with E-state index in [1.54, 1.807) is 24.3 Å². The van der Waals surface area contributed by atoms with Crippen LogP contribution in [0.25, 0.3) is 11.1 Å². The topological polar surface area (TPSA) is 90.6 Å². The molecule has 6 nitrogen and oxygen atoms in total. The van der Waals surface area contributed by atoms with Gasteiger partial charge in [-0.15, -0.1) is 0 Å². The second-order valence-corrected chi connectivity index (χ2v) is 10.0. The Kier molecular flexibility index (Phi) is 6.66. The summed E-state index contributed by atoms with van der Waals surface area (Å²) in [7, 11) is 0. The Hall–Kier alpha value is -3.65. The first kappa shape index (κ1) is 25.4. The van der Waals surface area contributed by atoms with Gasteiger partial charge in [0.15, 0.2) is 5.60 Å². The molecular weight excluding hydrogens is 490 g/mol. The summed E-state index contributed by atoms with van der Waals surface area (Å²) in [6.45, 7) is 5.20. The highest BCUT2D eigenvalue weighted by Gasteiger charge is 2.45. The first-order valence-electron chi connectivity index (χ1n) is 11.2. The Morgan fingerprint density at radius 1 is 1.08 bits per heavy atom. The van der Waals surface area contributed by atoms with Crippen LogP contribution in [0.15, 0.2) is 54.6 Å². The lowest BCUT2D eigenvalue weighted by atomic mass is 9.86. The maximum Gasteiger partial charge on any atom is 0.407 e. The second-order valence-electron chi connectivity index (χ2n) is 9.64. The van der Waals surface area contributed by atoms with Crippen molar-refractivity contribution in [3.63, 3.8) is 0 Å². The monoisotopic (exact) mass is 514 g/mol. The van der Waals surface area contributed by atoms with Crippen molar-refractivity contribution in [1.29, 1.82) is 0 Å². The molecule has 0 bridgehead atoms. The number of benzene rings is 3. The van der Waals surface area contributed by atoms with Gasteiger partial charge in [0.1, 0.15) is 24.0 Å². The summed E-state index contributed by atoms with van der Waals surface area (Å²) in [6, 6.07) is 13.9. The van der Waals surface area contributed by atoms with Crippen molar-refractivity contribution in [2.75, 3.05) is 6.61 Å². The van der Waals surface area contributed by atoms with Crippen LogP contribution < -0.4 is 15.8 Å². The molecule has 3 aromatic carbocycles. The molecule has 9 heteroatoms. The van der Waals surface area contributed by atoms with Crippen LogP contribution in [0.4, 0.5) is 13.6 Å². The van der Waals surface area contributed by atoms with Crippen LogP contribution in [0, 0.1) is 11.6 Å². The van der Waals surface area contributed by atoms with Crippen LogP contribution in [0.1, 0.15) is 42.3 Å². The largest absolute Gasteiger partial charge is 0.478 e. The first-order valence-corrected chi connectivity index (χ1v) is 11.6. The number of ether oxygens (including phenoxy) is 2. The van der Waals surface area contributed by atoms with Crippen LogP contribution in [-0.2, 0) is 16.8 Å². The summed E-state index contributed by atoms with van der Waals surface area (Å²) in [5.41, 5.74) is 4.31. The average molecular weight is 515 g/mol. The van der Waals surface area contributed by atoms with Crippen molar-refractivity contribution in [1.82, 2.24) is 5.32 Å². The molecular formula is C27H25ClF2N2O4. The molecule has 0 radical (unpaired) electrons. The minimum atomic E-state index is -1.26. The predicted octanol–water partition coefficient (Wildman–Crippen LogP) is 5.74. The van der Waals surface area contributed by atoms with Gasteiger partial charge in [0.25, 0.3) is 0 Å². The number of alkyl carbamates (subject to hydrolysis) is 1. The molecule has 0 aliphatic carbocycles. The lowest BCUT2D eigenvalue weighted by molar-refractivity contribution is 0.0101. The van der Waals surface area contributed by atoms with Gasteiger partial charge in [-0.25, -0.2) is 13.6 Å². The Labute approximate surface area is 212 Å². The molecule has 3 aromatic rings. The van der Waals surface area contributed by atoms with E-state index >= 15 is 4.39 Å². The zero-order valence-corrected chi connectivity index (χ0v) is 20.7. The third-order valence-corrected chi connectivity index (χ3v) is 6.17. The van der Waals surface area contributed by atoms with Crippen LogP contribution in [0.5, 0.6) is 5.75 Å². The van der Waals surface area contributed by atoms with Gasteiger partial charge >= 0.3 is 6.09 Å². The molecule has 3 N–H and O–H groups in total. The molecule has 0 saturated carbocycles. The van der Waals surface area contributed by atoms with Crippen molar-refractivity contribution in [2.45, 2.75) is 38.3 Å². The number of nitrogens with two attached hydrogens (primary N) is 1. The number of nitrogens with one attached hydrogen (secondary N) is 1. The van der Waals surface area contributed by atoms with E-state index in [9.17, 15) is 14.0 Å². The SMILES string of the molecule is CC(C)(C)NC(=O)OCC1(c2ccccc2)Cc2c(cc(F)c(Cl)c2-c2c(F)cccc2C(N)=O)O1. The fourth-order valence-electron chi connectivity index (χ4n) is 4.27. The molecule has 188 valence electrons. The molecule has 1 aliphatic heterocycles. The minimum absolute atomic E-state index is 0.0319. The normalized spacial score (nSPS) is 16.7. The van der Waals surface area contributed by atoms with Gasteiger partial charge in [-0.1, -0.05) is 48.0 Å². The molecule has 0 aromatic heterocycles. The van der Waals surface area contributed by atoms with Crippen molar-refractivity contribution < 1.29 is 27.8 Å². The second kappa shape index (κ2) is 9.43. The maximum atomic E-state index is 15.1. The van der Waals surface area contributed by atoms with Gasteiger partial charge < -0.3 is 20.5 Å². The van der Waals surface area contributed by atoms with E-state index in [0.29, 0.717) is 11.1 Å². The van der Waals surface area contributed by atoms with E-state index in [4.69, 9.17) is 26.8 Å². The third-order valence-electron chi connectivity index (χ3n) is 5.80. The highest BCUT2D eigenvalue weighted by Crippen LogP contribution is 2.50. The van der Waals surface area contributed by atoms with Gasteiger partial charge in [0.2, 0.25) is 5.91 Å². The predicted molar refractivity (Wildman–Crippen MR) is 132 cm³/mol. The van der Waals surface area contributed by atoms with E-state index < -0.39 is 34.8 Å². The van der Waals surface area contributed by atoms with Crippen molar-refractivity contribution in [3.05, 3.63) is 87.9 Å². The summed E-state index contributed by atoms with van der Waals surface area (Å²) < 4.78 is 41.9. The Bertz CT molecular complexity index is 1340. The van der Waals surface area contributed by atoms with Gasteiger partial charge in [-0.3, -0.25) is 4.79 Å². The van der Waals surface area contributed by atoms with Crippen LogP contribution >= 0.6 is 11.6 Å². The number of rotatable bonds is 5.